The Balaban J connectivity index is 1.99. The van der Waals surface area contributed by atoms with Crippen molar-refractivity contribution >= 4 is 28.5 Å². The van der Waals surface area contributed by atoms with Crippen LogP contribution in [0.25, 0.3) is 0 Å². The fourth-order valence-corrected chi connectivity index (χ4v) is 5.51. The van der Waals surface area contributed by atoms with E-state index in [0.717, 1.165) is 59.4 Å². The van der Waals surface area contributed by atoms with Gasteiger partial charge in [-0.1, -0.05) is 41.5 Å². The predicted octanol–water partition coefficient (Wildman–Crippen LogP) is 6.81. The van der Waals surface area contributed by atoms with Crippen molar-refractivity contribution in [3.63, 3.8) is 0 Å². The van der Waals surface area contributed by atoms with E-state index in [-0.39, 0.29) is 16.7 Å². The fourth-order valence-electron chi connectivity index (χ4n) is 4.56. The zero-order chi connectivity index (χ0) is 28.7. The molecular weight excluding hydrogens is 492 g/mol. The molecule has 0 aliphatic rings. The van der Waals surface area contributed by atoms with E-state index < -0.39 is 0 Å². The molecule has 0 spiro atoms. The third-order valence-corrected chi connectivity index (χ3v) is 8.12. The average Bonchev–Trinajstić information content (AvgIpc) is 3.17. The Hall–Kier alpha value is -2.41. The Kier molecular flexibility index (Phi) is 11.4. The molecule has 0 fully saturated rings. The summed E-state index contributed by atoms with van der Waals surface area (Å²) in [6.07, 6.45) is 4.41. The van der Waals surface area contributed by atoms with Crippen molar-refractivity contribution < 1.29 is 9.53 Å². The number of nitrogens with zero attached hydrogens (tertiary/aromatic N) is 3. The highest BCUT2D eigenvalue weighted by Gasteiger charge is 2.28. The zero-order valence-corrected chi connectivity index (χ0v) is 26.2. The highest BCUT2D eigenvalue weighted by atomic mass is 32.2. The summed E-state index contributed by atoms with van der Waals surface area (Å²) in [7, 11) is 3.64. The molecule has 212 valence electrons. The normalized spacial score (nSPS) is 12.6. The molecular formula is C31H50N4O2S. The van der Waals surface area contributed by atoms with Crippen molar-refractivity contribution in [1.29, 1.82) is 0 Å². The van der Waals surface area contributed by atoms with Crippen LogP contribution in [-0.4, -0.2) is 53.4 Å². The smallest absolute Gasteiger partial charge is 0.224 e. The van der Waals surface area contributed by atoms with Crippen LogP contribution in [0.15, 0.2) is 29.4 Å². The number of unbranched alkanes of at least 4 members (excludes halogenated alkanes) is 1. The van der Waals surface area contributed by atoms with Crippen LogP contribution in [0.5, 0.6) is 5.75 Å². The number of methoxy groups -OCH3 is 1. The molecule has 6 nitrogen and oxygen atoms in total. The third-order valence-electron chi connectivity index (χ3n) is 6.94. The number of aromatic nitrogens is 1. The summed E-state index contributed by atoms with van der Waals surface area (Å²) in [4.78, 5) is 19.4. The minimum Gasteiger partial charge on any atom is -0.496 e. The maximum absolute atomic E-state index is 12.8. The van der Waals surface area contributed by atoms with E-state index >= 15 is 0 Å². The number of carbonyl (C=O) groups is 1. The van der Waals surface area contributed by atoms with Crippen molar-refractivity contribution in [3.05, 3.63) is 46.6 Å². The van der Waals surface area contributed by atoms with Crippen LogP contribution in [0.3, 0.4) is 0 Å². The molecule has 1 heterocycles. The Morgan fingerprint density at radius 1 is 1.11 bits per heavy atom. The van der Waals surface area contributed by atoms with Crippen LogP contribution < -0.4 is 10.5 Å². The number of anilines is 1. The molecule has 0 radical (unpaired) electrons. The molecule has 1 aromatic carbocycles. The predicted molar refractivity (Wildman–Crippen MR) is 165 cm³/mol. The standard InChI is InChI=1S/C31H50N4O2S/c1-11-34(26(36)15-18-35-17-14-22(2)28(35)32)16-12-13-19-38-29(33-9)23-20-24(30(3,4)5)27(37-10)25(21-23)31(6,7)8/h14,17,20-21H,11-13,15-16,18-19,32H2,1-10H3. The van der Waals surface area contributed by atoms with Gasteiger partial charge < -0.3 is 19.9 Å². The highest BCUT2D eigenvalue weighted by molar-refractivity contribution is 8.14. The highest BCUT2D eigenvalue weighted by Crippen LogP contribution is 2.41. The minimum atomic E-state index is -0.0487. The summed E-state index contributed by atoms with van der Waals surface area (Å²) in [5, 5.41) is 1.05. The van der Waals surface area contributed by atoms with Crippen LogP contribution in [-0.2, 0) is 22.2 Å². The van der Waals surface area contributed by atoms with Crippen LogP contribution in [0, 0.1) is 6.92 Å². The number of hydrogen-bond donors (Lipinski definition) is 1. The SMILES string of the molecule is CCN(CCCCSC(=NC)c1cc(C(C)(C)C)c(OC)c(C(C)(C)C)c1)C(=O)CCn1ccc(C)c1N. The van der Waals surface area contributed by atoms with E-state index in [2.05, 4.69) is 58.7 Å². The van der Waals surface area contributed by atoms with E-state index in [1.54, 1.807) is 18.9 Å². The van der Waals surface area contributed by atoms with Crippen molar-refractivity contribution in [1.82, 2.24) is 9.47 Å². The van der Waals surface area contributed by atoms with Crippen molar-refractivity contribution in [2.45, 2.75) is 92.0 Å². The van der Waals surface area contributed by atoms with Gasteiger partial charge in [-0.15, -0.1) is 11.8 Å². The average molecular weight is 543 g/mol. The number of ether oxygens (including phenoxy) is 1. The number of aryl methyl sites for hydroxylation is 2. The lowest BCUT2D eigenvalue weighted by Crippen LogP contribution is -2.32. The summed E-state index contributed by atoms with van der Waals surface area (Å²) in [6, 6.07) is 6.49. The van der Waals surface area contributed by atoms with E-state index in [1.807, 2.05) is 42.6 Å². The largest absolute Gasteiger partial charge is 0.496 e. The van der Waals surface area contributed by atoms with Gasteiger partial charge >= 0.3 is 0 Å². The molecule has 1 aromatic heterocycles. The molecule has 2 N–H and O–H groups in total. The number of aliphatic imine (C=N–C) groups is 1. The maximum Gasteiger partial charge on any atom is 0.224 e. The molecule has 0 bridgehead atoms. The Labute approximate surface area is 235 Å². The van der Waals surface area contributed by atoms with Gasteiger partial charge in [0, 0.05) is 56.0 Å². The molecule has 38 heavy (non-hydrogen) atoms. The Bertz CT molecular complexity index is 1070. The Morgan fingerprint density at radius 2 is 1.71 bits per heavy atom. The molecule has 7 heteroatoms. The summed E-state index contributed by atoms with van der Waals surface area (Å²) in [6.45, 7) is 19.5. The molecule has 0 unspecified atom stereocenters. The molecule has 0 atom stereocenters. The first-order chi connectivity index (χ1) is 17.7. The molecule has 2 rings (SSSR count). The summed E-state index contributed by atoms with van der Waals surface area (Å²) in [5.41, 5.74) is 10.6. The monoisotopic (exact) mass is 542 g/mol. The molecule has 0 aliphatic carbocycles. The van der Waals surface area contributed by atoms with E-state index in [0.29, 0.717) is 13.0 Å². The summed E-state index contributed by atoms with van der Waals surface area (Å²) < 4.78 is 7.88. The van der Waals surface area contributed by atoms with Crippen LogP contribution in [0.1, 0.15) is 90.0 Å². The fraction of sp³-hybridized carbons (Fsp3) is 0.613. The lowest BCUT2D eigenvalue weighted by Gasteiger charge is -2.30. The Morgan fingerprint density at radius 3 is 2.16 bits per heavy atom. The molecule has 1 amide bonds. The first kappa shape index (κ1) is 31.8. The van der Waals surface area contributed by atoms with Crippen LogP contribution in [0.2, 0.25) is 0 Å². The second-order valence-electron chi connectivity index (χ2n) is 12.0. The molecule has 0 saturated heterocycles. The lowest BCUT2D eigenvalue weighted by molar-refractivity contribution is -0.131. The maximum atomic E-state index is 12.8. The van der Waals surface area contributed by atoms with Gasteiger partial charge in [0.05, 0.1) is 12.2 Å². The van der Waals surface area contributed by atoms with Crippen molar-refractivity contribution in [2.24, 2.45) is 4.99 Å². The van der Waals surface area contributed by atoms with Gasteiger partial charge in [0.25, 0.3) is 0 Å². The topological polar surface area (TPSA) is 72.8 Å². The first-order valence-corrected chi connectivity index (χ1v) is 14.7. The number of nitrogen functional groups attached to an aromatic ring is 1. The van der Waals surface area contributed by atoms with Gasteiger partial charge in [0.15, 0.2) is 0 Å². The first-order valence-electron chi connectivity index (χ1n) is 13.8. The third kappa shape index (κ3) is 8.29. The van der Waals surface area contributed by atoms with E-state index in [4.69, 9.17) is 10.5 Å². The number of amides is 1. The van der Waals surface area contributed by atoms with Gasteiger partial charge in [-0.3, -0.25) is 9.79 Å². The number of rotatable bonds is 11. The molecule has 0 aliphatic heterocycles. The van der Waals surface area contributed by atoms with Gasteiger partial charge in [-0.2, -0.15) is 0 Å². The summed E-state index contributed by atoms with van der Waals surface area (Å²) in [5.74, 6) is 2.86. The van der Waals surface area contributed by atoms with Crippen LogP contribution in [0.4, 0.5) is 5.82 Å². The number of thioether (sulfide) groups is 1. The summed E-state index contributed by atoms with van der Waals surface area (Å²) >= 11 is 1.79. The van der Waals surface area contributed by atoms with Gasteiger partial charge in [0.1, 0.15) is 11.6 Å². The van der Waals surface area contributed by atoms with Crippen LogP contribution >= 0.6 is 11.8 Å². The zero-order valence-electron chi connectivity index (χ0n) is 25.4. The van der Waals surface area contributed by atoms with Gasteiger partial charge in [0.2, 0.25) is 5.91 Å². The number of hydrogen-bond acceptors (Lipinski definition) is 5. The number of nitrogens with two attached hydrogens (primary N) is 1. The van der Waals surface area contributed by atoms with E-state index in [9.17, 15) is 4.79 Å². The number of carbonyl (C=O) groups excluding carboxylic acids is 1. The minimum absolute atomic E-state index is 0.0487. The molecule has 2 aromatic rings. The number of benzene rings is 1. The second-order valence-corrected chi connectivity index (χ2v) is 13.1. The second kappa shape index (κ2) is 13.6. The quantitative estimate of drug-likeness (QED) is 0.192. The van der Waals surface area contributed by atoms with Gasteiger partial charge in [-0.05, 0) is 67.0 Å². The van der Waals surface area contributed by atoms with Crippen molar-refractivity contribution in [3.8, 4) is 5.75 Å². The van der Waals surface area contributed by atoms with Crippen molar-refractivity contribution in [2.75, 3.05) is 38.7 Å². The lowest BCUT2D eigenvalue weighted by atomic mass is 9.78. The van der Waals surface area contributed by atoms with E-state index in [1.165, 1.54) is 11.1 Å². The van der Waals surface area contributed by atoms with Gasteiger partial charge in [-0.25, -0.2) is 0 Å². The molecule has 0 saturated carbocycles.